The van der Waals surface area contributed by atoms with Crippen molar-refractivity contribution in [3.63, 3.8) is 0 Å². The maximum absolute atomic E-state index is 11.4. The van der Waals surface area contributed by atoms with E-state index < -0.39 is 0 Å². The molecule has 0 saturated heterocycles. The molecule has 0 aliphatic heterocycles. The Kier molecular flexibility index (Phi) is 12.3. The molecule has 1 atom stereocenters. The van der Waals surface area contributed by atoms with E-state index in [1.54, 1.807) is 0 Å². The fourth-order valence-corrected chi connectivity index (χ4v) is 1.90. The lowest BCUT2D eigenvalue weighted by Crippen LogP contribution is -2.26. The lowest BCUT2D eigenvalue weighted by Gasteiger charge is -2.08. The van der Waals surface area contributed by atoms with Gasteiger partial charge >= 0.3 is 0 Å². The molecule has 0 aliphatic rings. The number of hydrogen-bond donors (Lipinski definition) is 2. The van der Waals surface area contributed by atoms with E-state index in [0.717, 1.165) is 24.7 Å². The molecular weight excluding hydrogens is 278 g/mol. The van der Waals surface area contributed by atoms with Crippen LogP contribution in [0.5, 0.6) is 0 Å². The van der Waals surface area contributed by atoms with E-state index in [1.165, 1.54) is 5.56 Å². The van der Waals surface area contributed by atoms with Crippen LogP contribution < -0.4 is 5.73 Å². The summed E-state index contributed by atoms with van der Waals surface area (Å²) in [5, 5.41) is 8.88. The van der Waals surface area contributed by atoms with Crippen LogP contribution in [0.15, 0.2) is 24.3 Å². The third-order valence-electron chi connectivity index (χ3n) is 3.14. The highest BCUT2D eigenvalue weighted by atomic mass is 16.3. The first-order valence-electron chi connectivity index (χ1n) is 7.96. The summed E-state index contributed by atoms with van der Waals surface area (Å²) in [5.74, 6) is 0.337. The lowest BCUT2D eigenvalue weighted by atomic mass is 10.0. The zero-order chi connectivity index (χ0) is 16.8. The molecule has 0 radical (unpaired) electrons. The standard InChI is InChI=1S/C15H23NO2.C3H6O/c1-2-3-15(18)9-8-12-4-6-13(7-5-12)10-14(16)11-17;1-2-3-4/h4-7,14,17H,2-3,8-11,16H2,1H3;3H,2H2,1H3. The number of carbonyl (C=O) groups excluding carboxylic acids is 2. The van der Waals surface area contributed by atoms with Gasteiger partial charge in [0.25, 0.3) is 0 Å². The first-order valence-corrected chi connectivity index (χ1v) is 7.96. The Labute approximate surface area is 133 Å². The number of carbonyl (C=O) groups is 2. The summed E-state index contributed by atoms with van der Waals surface area (Å²) >= 11 is 0. The van der Waals surface area contributed by atoms with E-state index in [9.17, 15) is 9.59 Å². The second kappa shape index (κ2) is 13.2. The lowest BCUT2D eigenvalue weighted by molar-refractivity contribution is -0.119. The van der Waals surface area contributed by atoms with Crippen LogP contribution in [0.4, 0.5) is 0 Å². The Morgan fingerprint density at radius 3 is 2.18 bits per heavy atom. The van der Waals surface area contributed by atoms with Crippen molar-refractivity contribution in [2.45, 2.75) is 58.4 Å². The normalized spacial score (nSPS) is 11.3. The van der Waals surface area contributed by atoms with Crippen LogP contribution in [0, 0.1) is 0 Å². The van der Waals surface area contributed by atoms with E-state index in [1.807, 2.05) is 38.1 Å². The zero-order valence-corrected chi connectivity index (χ0v) is 13.8. The monoisotopic (exact) mass is 307 g/mol. The van der Waals surface area contributed by atoms with Crippen molar-refractivity contribution < 1.29 is 14.7 Å². The van der Waals surface area contributed by atoms with Gasteiger partial charge in [0, 0.05) is 25.3 Å². The van der Waals surface area contributed by atoms with Crippen LogP contribution in [-0.4, -0.2) is 29.8 Å². The summed E-state index contributed by atoms with van der Waals surface area (Å²) in [6.45, 7) is 3.84. The van der Waals surface area contributed by atoms with Gasteiger partial charge in [-0.1, -0.05) is 38.1 Å². The first-order chi connectivity index (χ1) is 10.6. The predicted octanol–water partition coefficient (Wildman–Crippen LogP) is 2.45. The molecule has 0 heterocycles. The topological polar surface area (TPSA) is 80.4 Å². The van der Waals surface area contributed by atoms with E-state index in [2.05, 4.69) is 0 Å². The highest BCUT2D eigenvalue weighted by Gasteiger charge is 2.04. The molecule has 1 unspecified atom stereocenters. The van der Waals surface area contributed by atoms with Gasteiger partial charge in [0.1, 0.15) is 12.1 Å². The molecule has 0 saturated carbocycles. The highest BCUT2D eigenvalue weighted by molar-refractivity contribution is 5.78. The van der Waals surface area contributed by atoms with Crippen LogP contribution >= 0.6 is 0 Å². The molecule has 0 fully saturated rings. The molecule has 3 N–H and O–H groups in total. The number of benzene rings is 1. The number of aliphatic hydroxyl groups excluding tert-OH is 1. The van der Waals surface area contributed by atoms with Gasteiger partial charge in [-0.05, 0) is 30.4 Å². The van der Waals surface area contributed by atoms with E-state index >= 15 is 0 Å². The van der Waals surface area contributed by atoms with Gasteiger partial charge in [-0.15, -0.1) is 0 Å². The summed E-state index contributed by atoms with van der Waals surface area (Å²) in [6, 6.07) is 7.93. The summed E-state index contributed by atoms with van der Waals surface area (Å²) in [5.41, 5.74) is 7.99. The Morgan fingerprint density at radius 1 is 1.18 bits per heavy atom. The minimum Gasteiger partial charge on any atom is -0.395 e. The second-order valence-corrected chi connectivity index (χ2v) is 5.33. The highest BCUT2D eigenvalue weighted by Crippen LogP contribution is 2.09. The van der Waals surface area contributed by atoms with Gasteiger partial charge in [-0.2, -0.15) is 0 Å². The molecule has 0 aliphatic carbocycles. The summed E-state index contributed by atoms with van der Waals surface area (Å²) in [6.07, 6.45) is 5.25. The molecule has 1 aromatic carbocycles. The van der Waals surface area contributed by atoms with E-state index in [0.29, 0.717) is 31.5 Å². The van der Waals surface area contributed by atoms with Crippen LogP contribution in [0.2, 0.25) is 0 Å². The molecule has 1 aromatic rings. The SMILES string of the molecule is CCC=O.CCCC(=O)CCc1ccc(CC(N)CO)cc1. The van der Waals surface area contributed by atoms with Crippen LogP contribution in [0.3, 0.4) is 0 Å². The van der Waals surface area contributed by atoms with Crippen molar-refractivity contribution in [3.05, 3.63) is 35.4 Å². The molecule has 0 bridgehead atoms. The fraction of sp³-hybridized carbons (Fsp3) is 0.556. The molecule has 22 heavy (non-hydrogen) atoms. The molecule has 0 spiro atoms. The molecule has 0 amide bonds. The van der Waals surface area contributed by atoms with Crippen LogP contribution in [0.1, 0.15) is 50.7 Å². The van der Waals surface area contributed by atoms with Gasteiger partial charge in [0.05, 0.1) is 6.61 Å². The minimum absolute atomic E-state index is 0.00721. The predicted molar refractivity (Wildman–Crippen MR) is 89.8 cm³/mol. The summed E-state index contributed by atoms with van der Waals surface area (Å²) in [4.78, 5) is 20.6. The van der Waals surface area contributed by atoms with Crippen molar-refractivity contribution in [2.24, 2.45) is 5.73 Å². The zero-order valence-electron chi connectivity index (χ0n) is 13.8. The van der Waals surface area contributed by atoms with Crippen LogP contribution in [-0.2, 0) is 22.4 Å². The average Bonchev–Trinajstić information content (AvgIpc) is 2.54. The third-order valence-corrected chi connectivity index (χ3v) is 3.14. The molecular formula is C18H29NO3. The number of nitrogens with two attached hydrogens (primary N) is 1. The fourth-order valence-electron chi connectivity index (χ4n) is 1.90. The molecule has 4 heteroatoms. The molecule has 124 valence electrons. The number of aryl methyl sites for hydroxylation is 1. The molecule has 1 rings (SSSR count). The number of aldehydes is 1. The smallest absolute Gasteiger partial charge is 0.133 e. The molecule has 4 nitrogen and oxygen atoms in total. The van der Waals surface area contributed by atoms with Gasteiger partial charge in [-0.25, -0.2) is 0 Å². The number of hydrogen-bond acceptors (Lipinski definition) is 4. The quantitative estimate of drug-likeness (QED) is 0.687. The Morgan fingerprint density at radius 2 is 1.73 bits per heavy atom. The van der Waals surface area contributed by atoms with Gasteiger partial charge < -0.3 is 15.6 Å². The van der Waals surface area contributed by atoms with E-state index in [-0.39, 0.29) is 12.6 Å². The Hall–Kier alpha value is -1.52. The summed E-state index contributed by atoms with van der Waals surface area (Å²) < 4.78 is 0. The van der Waals surface area contributed by atoms with Crippen molar-refractivity contribution in [2.75, 3.05) is 6.61 Å². The first kappa shape index (κ1) is 20.5. The maximum atomic E-state index is 11.4. The number of aliphatic hydroxyl groups is 1. The third kappa shape index (κ3) is 10.2. The van der Waals surface area contributed by atoms with Crippen LogP contribution in [0.25, 0.3) is 0 Å². The van der Waals surface area contributed by atoms with Crippen molar-refractivity contribution >= 4 is 12.1 Å². The number of rotatable bonds is 9. The second-order valence-electron chi connectivity index (χ2n) is 5.33. The number of Topliss-reactive ketones (excluding diaryl/α,β-unsaturated/α-hetero) is 1. The van der Waals surface area contributed by atoms with Gasteiger partial charge in [0.15, 0.2) is 0 Å². The minimum atomic E-state index is -0.193. The van der Waals surface area contributed by atoms with Gasteiger partial charge in [-0.3, -0.25) is 4.79 Å². The number of ketones is 1. The molecule has 0 aromatic heterocycles. The average molecular weight is 307 g/mol. The Bertz CT molecular complexity index is 415. The van der Waals surface area contributed by atoms with Crippen molar-refractivity contribution in [1.29, 1.82) is 0 Å². The van der Waals surface area contributed by atoms with Crippen molar-refractivity contribution in [1.82, 2.24) is 0 Å². The maximum Gasteiger partial charge on any atom is 0.133 e. The largest absolute Gasteiger partial charge is 0.395 e. The Balaban J connectivity index is 0.000000980. The van der Waals surface area contributed by atoms with Gasteiger partial charge in [0.2, 0.25) is 0 Å². The van der Waals surface area contributed by atoms with E-state index in [4.69, 9.17) is 10.8 Å². The van der Waals surface area contributed by atoms with Crippen molar-refractivity contribution in [3.8, 4) is 0 Å². The summed E-state index contributed by atoms with van der Waals surface area (Å²) in [7, 11) is 0.